The van der Waals surface area contributed by atoms with Crippen LogP contribution in [0, 0.1) is 0 Å². The first-order valence-corrected chi connectivity index (χ1v) is 3.33. The lowest BCUT2D eigenvalue weighted by Gasteiger charge is -2.15. The Morgan fingerprint density at radius 2 is 1.46 bits per heavy atom. The van der Waals surface area contributed by atoms with Crippen LogP contribution in [0.5, 0.6) is 0 Å². The zero-order chi connectivity index (χ0) is 9.56. The molecule has 6 N–H and O–H groups in total. The van der Waals surface area contributed by atoms with Gasteiger partial charge in [0.1, 0.15) is 0 Å². The summed E-state index contributed by atoms with van der Waals surface area (Å²) in [4.78, 5) is 21.4. The van der Waals surface area contributed by atoms with Crippen molar-refractivity contribution in [3.05, 3.63) is 0 Å². The van der Waals surface area contributed by atoms with Gasteiger partial charge in [0, 0.05) is 6.54 Å². The molecular weight excluding hydrogens is 180 g/mol. The lowest BCUT2D eigenvalue weighted by Crippen LogP contribution is -2.36. The molecule has 0 radical (unpaired) electrons. The summed E-state index contributed by atoms with van der Waals surface area (Å²) in [6.07, 6.45) is 0. The van der Waals surface area contributed by atoms with E-state index in [1.807, 2.05) is 0 Å². The second-order valence-corrected chi connectivity index (χ2v) is 2.22. The van der Waals surface area contributed by atoms with E-state index in [-0.39, 0.29) is 32.4 Å². The van der Waals surface area contributed by atoms with E-state index in [0.29, 0.717) is 0 Å². The van der Waals surface area contributed by atoms with Crippen molar-refractivity contribution >= 4 is 11.9 Å². The zero-order valence-electron chi connectivity index (χ0n) is 7.14. The van der Waals surface area contributed by atoms with Gasteiger partial charge in [-0.25, -0.2) is 0 Å². The molecule has 0 saturated carbocycles. The Hall–Kier alpha value is -1.18. The fourth-order valence-electron chi connectivity index (χ4n) is 0.738. The van der Waals surface area contributed by atoms with Gasteiger partial charge >= 0.3 is 11.9 Å². The lowest BCUT2D eigenvalue weighted by molar-refractivity contribution is -0.141. The number of nitrogens with zero attached hydrogens (tertiary/aromatic N) is 1. The molecule has 0 spiro atoms. The van der Waals surface area contributed by atoms with Crippen molar-refractivity contribution < 1.29 is 24.9 Å². The second kappa shape index (κ2) is 7.47. The van der Waals surface area contributed by atoms with Gasteiger partial charge in [-0.3, -0.25) is 14.5 Å². The Morgan fingerprint density at radius 3 is 1.69 bits per heavy atom. The number of hydrogen-bond acceptors (Lipinski definition) is 5. The molecule has 0 saturated heterocycles. The number of carboxylic acids is 2. The number of aliphatic hydroxyl groups is 1. The van der Waals surface area contributed by atoms with Crippen molar-refractivity contribution in [3.63, 3.8) is 0 Å². The largest absolute Gasteiger partial charge is 0.480 e. The van der Waals surface area contributed by atoms with Gasteiger partial charge in [-0.2, -0.15) is 0 Å². The Labute approximate surface area is 75.2 Å². The average molecular weight is 194 g/mol. The van der Waals surface area contributed by atoms with Crippen molar-refractivity contribution in [1.82, 2.24) is 11.1 Å². The fourth-order valence-corrected chi connectivity index (χ4v) is 0.738. The molecule has 0 aromatic carbocycles. The fraction of sp³-hybridized carbons (Fsp3) is 0.667. The van der Waals surface area contributed by atoms with Crippen LogP contribution < -0.4 is 6.15 Å². The Bertz CT molecular complexity index is 156. The van der Waals surface area contributed by atoms with E-state index in [0.717, 1.165) is 4.90 Å². The maximum Gasteiger partial charge on any atom is 0.317 e. The molecule has 0 rings (SSSR count). The lowest BCUT2D eigenvalue weighted by atomic mass is 10.4. The highest BCUT2D eigenvalue weighted by Crippen LogP contribution is 1.86. The molecule has 78 valence electrons. The molecule has 0 fully saturated rings. The highest BCUT2D eigenvalue weighted by Gasteiger charge is 2.11. The smallest absolute Gasteiger partial charge is 0.317 e. The van der Waals surface area contributed by atoms with Crippen molar-refractivity contribution in [2.24, 2.45) is 0 Å². The summed E-state index contributed by atoms with van der Waals surface area (Å²) in [6.45, 7) is -0.932. The van der Waals surface area contributed by atoms with E-state index in [1.165, 1.54) is 0 Å². The van der Waals surface area contributed by atoms with Crippen LogP contribution in [0.4, 0.5) is 0 Å². The quantitative estimate of drug-likeness (QED) is 0.409. The van der Waals surface area contributed by atoms with Crippen LogP contribution in [0.3, 0.4) is 0 Å². The normalized spacial score (nSPS) is 9.38. The van der Waals surface area contributed by atoms with Crippen LogP contribution in [0.2, 0.25) is 0 Å². The molecular formula is C6H14N2O5. The van der Waals surface area contributed by atoms with Gasteiger partial charge in [0.2, 0.25) is 0 Å². The van der Waals surface area contributed by atoms with Crippen LogP contribution in [0.1, 0.15) is 0 Å². The Morgan fingerprint density at radius 1 is 1.08 bits per heavy atom. The predicted molar refractivity (Wildman–Crippen MR) is 43.8 cm³/mol. The predicted octanol–water partition coefficient (Wildman–Crippen LogP) is -1.39. The molecule has 0 amide bonds. The summed E-state index contributed by atoms with van der Waals surface area (Å²) >= 11 is 0. The highest BCUT2D eigenvalue weighted by atomic mass is 16.4. The third kappa shape index (κ3) is 8.73. The van der Waals surface area contributed by atoms with E-state index in [9.17, 15) is 9.59 Å². The first kappa shape index (κ1) is 14.3. The maximum atomic E-state index is 10.1. The van der Waals surface area contributed by atoms with Crippen molar-refractivity contribution in [2.45, 2.75) is 0 Å². The molecule has 7 nitrogen and oxygen atoms in total. The minimum atomic E-state index is -1.11. The van der Waals surface area contributed by atoms with Crippen LogP contribution in [-0.2, 0) is 9.59 Å². The van der Waals surface area contributed by atoms with Crippen LogP contribution >= 0.6 is 0 Å². The van der Waals surface area contributed by atoms with Gasteiger partial charge in [0.05, 0.1) is 19.7 Å². The number of carboxylic acid groups (broad SMARTS) is 2. The molecule has 0 heterocycles. The summed E-state index contributed by atoms with van der Waals surface area (Å²) in [5, 5.41) is 25.0. The maximum absolute atomic E-state index is 10.1. The summed E-state index contributed by atoms with van der Waals surface area (Å²) in [7, 11) is 0. The van der Waals surface area contributed by atoms with Crippen molar-refractivity contribution in [1.29, 1.82) is 0 Å². The summed E-state index contributed by atoms with van der Waals surface area (Å²) in [5.41, 5.74) is 0. The van der Waals surface area contributed by atoms with Crippen molar-refractivity contribution in [2.75, 3.05) is 26.2 Å². The molecule has 13 heavy (non-hydrogen) atoms. The Balaban J connectivity index is 0. The summed E-state index contributed by atoms with van der Waals surface area (Å²) in [6, 6.07) is 0. The number of hydrogen-bond donors (Lipinski definition) is 4. The first-order valence-electron chi connectivity index (χ1n) is 3.33. The second-order valence-electron chi connectivity index (χ2n) is 2.22. The molecule has 0 aromatic rings. The SMILES string of the molecule is N.O=C(O)CN(CCO)CC(=O)O. The molecule has 0 aliphatic carbocycles. The molecule has 0 atom stereocenters. The minimum absolute atomic E-state index is 0. The minimum Gasteiger partial charge on any atom is -0.480 e. The van der Waals surface area contributed by atoms with Gasteiger partial charge in [-0.15, -0.1) is 0 Å². The number of rotatable bonds is 6. The third-order valence-corrected chi connectivity index (χ3v) is 1.13. The monoisotopic (exact) mass is 194 g/mol. The zero-order valence-corrected chi connectivity index (χ0v) is 7.14. The van der Waals surface area contributed by atoms with Crippen LogP contribution in [0.25, 0.3) is 0 Å². The van der Waals surface area contributed by atoms with Crippen molar-refractivity contribution in [3.8, 4) is 0 Å². The van der Waals surface area contributed by atoms with Gasteiger partial charge in [-0.1, -0.05) is 0 Å². The Kier molecular flexibility index (Phi) is 8.24. The molecule has 0 bridgehead atoms. The first-order chi connectivity index (χ1) is 5.56. The van der Waals surface area contributed by atoms with E-state index < -0.39 is 11.9 Å². The number of aliphatic hydroxyl groups excluding tert-OH is 1. The molecule has 7 heteroatoms. The van der Waals surface area contributed by atoms with Crippen LogP contribution in [-0.4, -0.2) is 58.4 Å². The van der Waals surface area contributed by atoms with E-state index in [4.69, 9.17) is 15.3 Å². The highest BCUT2D eigenvalue weighted by molar-refractivity contribution is 5.72. The summed E-state index contributed by atoms with van der Waals surface area (Å²) in [5.74, 6) is -2.21. The van der Waals surface area contributed by atoms with E-state index in [1.54, 1.807) is 0 Å². The molecule has 0 aromatic heterocycles. The average Bonchev–Trinajstić information content (AvgIpc) is 1.84. The molecule has 0 unspecified atom stereocenters. The van der Waals surface area contributed by atoms with Gasteiger partial charge in [-0.05, 0) is 0 Å². The standard InChI is InChI=1S/C6H11NO5.H3N/c8-2-1-7(3-5(9)10)4-6(11)12;/h8H,1-4H2,(H,9,10)(H,11,12);1H3. The summed E-state index contributed by atoms with van der Waals surface area (Å²) < 4.78 is 0. The van der Waals surface area contributed by atoms with E-state index >= 15 is 0 Å². The van der Waals surface area contributed by atoms with Gasteiger partial charge in [0.25, 0.3) is 0 Å². The third-order valence-electron chi connectivity index (χ3n) is 1.13. The number of aliphatic carboxylic acids is 2. The van der Waals surface area contributed by atoms with Crippen LogP contribution in [0.15, 0.2) is 0 Å². The van der Waals surface area contributed by atoms with Gasteiger partial charge < -0.3 is 21.5 Å². The number of carbonyl (C=O) groups is 2. The molecule has 0 aliphatic heterocycles. The topological polar surface area (TPSA) is 133 Å². The van der Waals surface area contributed by atoms with Gasteiger partial charge in [0.15, 0.2) is 0 Å². The molecule has 0 aliphatic rings. The van der Waals surface area contributed by atoms with E-state index in [2.05, 4.69) is 0 Å².